The second-order valence-electron chi connectivity index (χ2n) is 5.83. The molecule has 23 heavy (non-hydrogen) atoms. The molecule has 0 spiro atoms. The van der Waals surface area contributed by atoms with Crippen LogP contribution in [0.1, 0.15) is 16.9 Å². The maximum Gasteiger partial charge on any atom is 0.222 e. The van der Waals surface area contributed by atoms with Crippen LogP contribution in [0.2, 0.25) is 0 Å². The Labute approximate surface area is 140 Å². The van der Waals surface area contributed by atoms with Gasteiger partial charge in [-0.1, -0.05) is 24.3 Å². The van der Waals surface area contributed by atoms with Crippen LogP contribution in [0, 0.1) is 5.82 Å². The number of hydrogen-bond donors (Lipinski definition) is 0. The molecule has 3 nitrogen and oxygen atoms in total. The summed E-state index contributed by atoms with van der Waals surface area (Å²) in [6, 6.07) is 10.9. The molecule has 1 aromatic heterocycles. The fourth-order valence-electron chi connectivity index (χ4n) is 2.88. The Morgan fingerprint density at radius 3 is 2.57 bits per heavy atom. The van der Waals surface area contributed by atoms with Gasteiger partial charge in [-0.05, 0) is 29.5 Å². The summed E-state index contributed by atoms with van der Waals surface area (Å²) in [6.45, 7) is 4.31. The third-order valence-electron chi connectivity index (χ3n) is 4.25. The molecular formula is C18H21FN2OS. The quantitative estimate of drug-likeness (QED) is 0.840. The van der Waals surface area contributed by atoms with Crippen molar-refractivity contribution in [3.8, 4) is 0 Å². The molecule has 1 fully saturated rings. The zero-order valence-electron chi connectivity index (χ0n) is 13.1. The molecule has 122 valence electrons. The fraction of sp³-hybridized carbons (Fsp3) is 0.389. The number of hydrogen-bond acceptors (Lipinski definition) is 3. The lowest BCUT2D eigenvalue weighted by Gasteiger charge is -2.34. The van der Waals surface area contributed by atoms with Crippen molar-refractivity contribution in [2.75, 3.05) is 26.2 Å². The summed E-state index contributed by atoms with van der Waals surface area (Å²) in [7, 11) is 0. The van der Waals surface area contributed by atoms with Crippen molar-refractivity contribution in [1.82, 2.24) is 9.80 Å². The number of thiophene rings is 1. The van der Waals surface area contributed by atoms with Crippen LogP contribution in [0.5, 0.6) is 0 Å². The summed E-state index contributed by atoms with van der Waals surface area (Å²) in [4.78, 5) is 17.9. The van der Waals surface area contributed by atoms with Crippen molar-refractivity contribution in [2.24, 2.45) is 0 Å². The zero-order valence-corrected chi connectivity index (χ0v) is 13.9. The van der Waals surface area contributed by atoms with Crippen LogP contribution < -0.4 is 0 Å². The minimum atomic E-state index is -0.221. The van der Waals surface area contributed by atoms with Gasteiger partial charge in [0, 0.05) is 44.0 Å². The van der Waals surface area contributed by atoms with E-state index >= 15 is 0 Å². The van der Waals surface area contributed by atoms with Gasteiger partial charge in [-0.15, -0.1) is 11.3 Å². The topological polar surface area (TPSA) is 23.6 Å². The second kappa shape index (κ2) is 7.70. The predicted octanol–water partition coefficient (Wildman–Crippen LogP) is 3.16. The fourth-order valence-corrected chi connectivity index (χ4v) is 3.63. The number of nitrogens with zero attached hydrogens (tertiary/aromatic N) is 2. The Morgan fingerprint density at radius 2 is 1.87 bits per heavy atom. The number of amides is 1. The van der Waals surface area contributed by atoms with E-state index in [1.54, 1.807) is 23.5 Å². The second-order valence-corrected chi connectivity index (χ2v) is 6.86. The molecule has 3 rings (SSSR count). The van der Waals surface area contributed by atoms with E-state index in [1.807, 2.05) is 11.0 Å². The lowest BCUT2D eigenvalue weighted by atomic mass is 10.1. The number of carbonyl (C=O) groups is 1. The molecule has 0 N–H and O–H groups in total. The molecule has 1 amide bonds. The monoisotopic (exact) mass is 332 g/mol. The number of piperazine rings is 1. The average Bonchev–Trinajstić information content (AvgIpc) is 3.07. The molecule has 1 saturated heterocycles. The van der Waals surface area contributed by atoms with E-state index in [2.05, 4.69) is 22.4 Å². The summed E-state index contributed by atoms with van der Waals surface area (Å²) in [5.41, 5.74) is 0.622. The van der Waals surface area contributed by atoms with Crippen molar-refractivity contribution in [3.63, 3.8) is 0 Å². The molecule has 5 heteroatoms. The zero-order chi connectivity index (χ0) is 16.1. The number of aryl methyl sites for hydroxylation is 1. The number of halogens is 1. The molecule has 1 aliphatic heterocycles. The Morgan fingerprint density at radius 1 is 1.09 bits per heavy atom. The van der Waals surface area contributed by atoms with Crippen LogP contribution in [0.15, 0.2) is 41.8 Å². The standard InChI is InChI=1S/C18H21FN2OS/c19-17-6-2-1-4-15(17)7-8-18(22)21-11-9-20(10-12-21)14-16-5-3-13-23-16/h1-6,13H,7-12,14H2. The van der Waals surface area contributed by atoms with E-state index in [0.717, 1.165) is 32.7 Å². The first-order valence-electron chi connectivity index (χ1n) is 7.98. The SMILES string of the molecule is O=C(CCc1ccccc1F)N1CCN(Cc2cccs2)CC1. The number of rotatable bonds is 5. The van der Waals surface area contributed by atoms with Crippen LogP contribution in [-0.4, -0.2) is 41.9 Å². The third-order valence-corrected chi connectivity index (χ3v) is 5.11. The highest BCUT2D eigenvalue weighted by molar-refractivity contribution is 7.09. The van der Waals surface area contributed by atoms with Gasteiger partial charge in [0.05, 0.1) is 0 Å². The molecule has 0 radical (unpaired) electrons. The first kappa shape index (κ1) is 16.1. The summed E-state index contributed by atoms with van der Waals surface area (Å²) in [6.07, 6.45) is 0.854. The smallest absolute Gasteiger partial charge is 0.222 e. The summed E-state index contributed by atoms with van der Waals surface area (Å²) < 4.78 is 13.6. The number of carbonyl (C=O) groups excluding carboxylic acids is 1. The predicted molar refractivity (Wildman–Crippen MR) is 90.9 cm³/mol. The van der Waals surface area contributed by atoms with E-state index in [4.69, 9.17) is 0 Å². The van der Waals surface area contributed by atoms with Gasteiger partial charge < -0.3 is 4.90 Å². The Balaban J connectivity index is 1.44. The van der Waals surface area contributed by atoms with Crippen molar-refractivity contribution < 1.29 is 9.18 Å². The minimum absolute atomic E-state index is 0.129. The average molecular weight is 332 g/mol. The van der Waals surface area contributed by atoms with Crippen LogP contribution in [0.25, 0.3) is 0 Å². The van der Waals surface area contributed by atoms with Crippen LogP contribution in [-0.2, 0) is 17.8 Å². The maximum absolute atomic E-state index is 13.6. The molecule has 0 atom stereocenters. The van der Waals surface area contributed by atoms with Gasteiger partial charge in [0.2, 0.25) is 5.91 Å². The Bertz CT molecular complexity index is 636. The normalized spacial score (nSPS) is 15.8. The highest BCUT2D eigenvalue weighted by Crippen LogP contribution is 2.15. The van der Waals surface area contributed by atoms with Gasteiger partial charge in [0.1, 0.15) is 5.82 Å². The van der Waals surface area contributed by atoms with Gasteiger partial charge in [-0.2, -0.15) is 0 Å². The van der Waals surface area contributed by atoms with Crippen LogP contribution in [0.3, 0.4) is 0 Å². The maximum atomic E-state index is 13.6. The van der Waals surface area contributed by atoms with Gasteiger partial charge in [-0.3, -0.25) is 9.69 Å². The number of benzene rings is 1. The molecule has 1 aliphatic rings. The first-order valence-corrected chi connectivity index (χ1v) is 8.86. The van der Waals surface area contributed by atoms with Crippen molar-refractivity contribution >= 4 is 17.2 Å². The lowest BCUT2D eigenvalue weighted by Crippen LogP contribution is -2.48. The van der Waals surface area contributed by atoms with E-state index in [-0.39, 0.29) is 11.7 Å². The molecule has 0 unspecified atom stereocenters. The molecule has 2 aromatic rings. The molecule has 2 heterocycles. The van der Waals surface area contributed by atoms with E-state index in [0.29, 0.717) is 18.4 Å². The van der Waals surface area contributed by atoms with Gasteiger partial charge in [0.15, 0.2) is 0 Å². The highest BCUT2D eigenvalue weighted by Gasteiger charge is 2.21. The van der Waals surface area contributed by atoms with Gasteiger partial charge >= 0.3 is 0 Å². The van der Waals surface area contributed by atoms with E-state index < -0.39 is 0 Å². The van der Waals surface area contributed by atoms with Crippen LogP contribution in [0.4, 0.5) is 4.39 Å². The molecule has 0 saturated carbocycles. The van der Waals surface area contributed by atoms with Crippen molar-refractivity contribution in [3.05, 3.63) is 58.0 Å². The molecular weight excluding hydrogens is 311 g/mol. The highest BCUT2D eigenvalue weighted by atomic mass is 32.1. The summed E-state index contributed by atoms with van der Waals surface area (Å²) in [5, 5.41) is 2.10. The van der Waals surface area contributed by atoms with E-state index in [9.17, 15) is 9.18 Å². The van der Waals surface area contributed by atoms with E-state index in [1.165, 1.54) is 10.9 Å². The lowest BCUT2D eigenvalue weighted by molar-refractivity contribution is -0.133. The molecule has 0 aliphatic carbocycles. The molecule has 0 bridgehead atoms. The Hall–Kier alpha value is -1.72. The summed E-state index contributed by atoms with van der Waals surface area (Å²) >= 11 is 1.77. The van der Waals surface area contributed by atoms with Crippen molar-refractivity contribution in [1.29, 1.82) is 0 Å². The van der Waals surface area contributed by atoms with Gasteiger partial charge in [-0.25, -0.2) is 4.39 Å². The van der Waals surface area contributed by atoms with Crippen LogP contribution >= 0.6 is 11.3 Å². The summed E-state index contributed by atoms with van der Waals surface area (Å²) in [5.74, 6) is -0.0925. The Kier molecular flexibility index (Phi) is 5.41. The molecule has 1 aromatic carbocycles. The first-order chi connectivity index (χ1) is 11.2. The van der Waals surface area contributed by atoms with Gasteiger partial charge in [0.25, 0.3) is 0 Å². The largest absolute Gasteiger partial charge is 0.340 e. The van der Waals surface area contributed by atoms with Crippen molar-refractivity contribution in [2.45, 2.75) is 19.4 Å². The third kappa shape index (κ3) is 4.39. The minimum Gasteiger partial charge on any atom is -0.340 e.